The quantitative estimate of drug-likeness (QED) is 0.856. The molecule has 2 heterocycles. The topological polar surface area (TPSA) is 93.0 Å². The van der Waals surface area contributed by atoms with E-state index in [0.29, 0.717) is 17.2 Å². The first-order valence-electron chi connectivity index (χ1n) is 5.21. The molecule has 0 unspecified atom stereocenters. The minimum atomic E-state index is -2.86. The summed E-state index contributed by atoms with van der Waals surface area (Å²) in [4.78, 5) is 10.9. The number of aromatic nitrogens is 4. The summed E-state index contributed by atoms with van der Waals surface area (Å²) in [6, 6.07) is 1.45. The number of carboxylic acid groups (broad SMARTS) is 1. The molecule has 9 heteroatoms. The number of nitrogens with zero attached hydrogens (tertiary/aromatic N) is 3. The second-order valence-corrected chi connectivity index (χ2v) is 3.68. The van der Waals surface area contributed by atoms with Gasteiger partial charge in [0.25, 0.3) is 0 Å². The Kier molecular flexibility index (Phi) is 3.56. The van der Waals surface area contributed by atoms with Crippen LogP contribution < -0.4 is 0 Å². The van der Waals surface area contributed by atoms with Gasteiger partial charge in [-0.25, -0.2) is 9.48 Å². The summed E-state index contributed by atoms with van der Waals surface area (Å²) in [6.07, 6.45) is 1.20. The monoisotopic (exact) mass is 272 g/mol. The smallest absolute Gasteiger partial charge is 0.345 e. The number of H-pyrrole nitrogens is 1. The van der Waals surface area contributed by atoms with Gasteiger partial charge in [0.2, 0.25) is 0 Å². The van der Waals surface area contributed by atoms with Crippen molar-refractivity contribution in [3.63, 3.8) is 0 Å². The van der Waals surface area contributed by atoms with E-state index in [1.165, 1.54) is 16.9 Å². The predicted molar refractivity (Wildman–Crippen MR) is 58.2 cm³/mol. The maximum absolute atomic E-state index is 11.9. The molecule has 2 aromatic rings. The number of alkyl halides is 2. The third-order valence-corrected chi connectivity index (χ3v) is 2.44. The Hall–Kier alpha value is -2.29. The lowest BCUT2D eigenvalue weighted by molar-refractivity contribution is -0.137. The fourth-order valence-electron chi connectivity index (χ4n) is 1.54. The number of aromatic amines is 1. The average molecular weight is 272 g/mol. The molecule has 0 saturated heterocycles. The van der Waals surface area contributed by atoms with Crippen molar-refractivity contribution < 1.29 is 23.4 Å². The van der Waals surface area contributed by atoms with Crippen LogP contribution in [0, 0.1) is 6.92 Å². The Balaban J connectivity index is 2.21. The normalized spacial score (nSPS) is 11.2. The Bertz CT molecular complexity index is 593. The van der Waals surface area contributed by atoms with Crippen molar-refractivity contribution >= 4 is 5.97 Å². The third kappa shape index (κ3) is 2.76. The lowest BCUT2D eigenvalue weighted by atomic mass is 10.3. The van der Waals surface area contributed by atoms with Gasteiger partial charge in [0.05, 0.1) is 24.2 Å². The highest BCUT2D eigenvalue weighted by Crippen LogP contribution is 2.14. The van der Waals surface area contributed by atoms with Crippen LogP contribution in [0.5, 0.6) is 0 Å². The third-order valence-electron chi connectivity index (χ3n) is 2.44. The van der Waals surface area contributed by atoms with E-state index in [2.05, 4.69) is 20.0 Å². The summed E-state index contributed by atoms with van der Waals surface area (Å²) in [5.74, 6) is -0.793. The molecule has 102 valence electrons. The summed E-state index contributed by atoms with van der Waals surface area (Å²) < 4.78 is 29.2. The SMILES string of the molecule is Cc1c(C(=O)O)cnn1-c1cc(COC(F)F)[nH]n1. The highest BCUT2D eigenvalue weighted by Gasteiger charge is 2.15. The molecule has 2 rings (SSSR count). The summed E-state index contributed by atoms with van der Waals surface area (Å²) in [5.41, 5.74) is 0.774. The van der Waals surface area contributed by atoms with E-state index in [0.717, 1.165) is 0 Å². The number of aromatic carboxylic acids is 1. The Morgan fingerprint density at radius 1 is 1.63 bits per heavy atom. The van der Waals surface area contributed by atoms with Crippen LogP contribution >= 0.6 is 0 Å². The Labute approximate surface area is 105 Å². The highest BCUT2D eigenvalue weighted by atomic mass is 19.3. The van der Waals surface area contributed by atoms with Crippen molar-refractivity contribution in [2.45, 2.75) is 20.1 Å². The van der Waals surface area contributed by atoms with Crippen molar-refractivity contribution in [2.75, 3.05) is 0 Å². The van der Waals surface area contributed by atoms with E-state index < -0.39 is 12.6 Å². The van der Waals surface area contributed by atoms with Crippen LogP contribution in [0.1, 0.15) is 21.7 Å². The zero-order valence-electron chi connectivity index (χ0n) is 9.80. The summed E-state index contributed by atoms with van der Waals surface area (Å²) in [5, 5.41) is 19.1. The molecule has 0 atom stereocenters. The van der Waals surface area contributed by atoms with Gasteiger partial charge in [0, 0.05) is 6.07 Å². The molecule has 2 aromatic heterocycles. The molecule has 0 saturated carbocycles. The predicted octanol–water partition coefficient (Wildman–Crippen LogP) is 1.34. The minimum absolute atomic E-state index is 0.0494. The van der Waals surface area contributed by atoms with Crippen LogP contribution in [0.2, 0.25) is 0 Å². The number of rotatable bonds is 5. The lowest BCUT2D eigenvalue weighted by Gasteiger charge is -1.99. The van der Waals surface area contributed by atoms with Crippen molar-refractivity contribution in [3.8, 4) is 5.82 Å². The molecular formula is C10H10F2N4O3. The summed E-state index contributed by atoms with van der Waals surface area (Å²) in [7, 11) is 0. The number of halogens is 2. The van der Waals surface area contributed by atoms with Crippen molar-refractivity contribution in [2.24, 2.45) is 0 Å². The van der Waals surface area contributed by atoms with Crippen LogP contribution in [-0.2, 0) is 11.3 Å². The van der Waals surface area contributed by atoms with Gasteiger partial charge in [-0.3, -0.25) is 5.10 Å². The molecular weight excluding hydrogens is 262 g/mol. The van der Waals surface area contributed by atoms with Gasteiger partial charge in [-0.05, 0) is 6.92 Å². The fourth-order valence-corrected chi connectivity index (χ4v) is 1.54. The molecule has 0 fully saturated rings. The highest BCUT2D eigenvalue weighted by molar-refractivity contribution is 5.88. The van der Waals surface area contributed by atoms with Crippen LogP contribution in [-0.4, -0.2) is 37.7 Å². The van der Waals surface area contributed by atoms with Crippen molar-refractivity contribution in [1.82, 2.24) is 20.0 Å². The fraction of sp³-hybridized carbons (Fsp3) is 0.300. The standard InChI is InChI=1S/C10H10F2N4O3/c1-5-7(9(17)18)3-13-16(5)8-2-6(14-15-8)4-19-10(11)12/h2-3,10H,4H2,1H3,(H,14,15)(H,17,18). The largest absolute Gasteiger partial charge is 0.478 e. The first kappa shape index (κ1) is 13.1. The number of hydrogen-bond acceptors (Lipinski definition) is 4. The van der Waals surface area contributed by atoms with Gasteiger partial charge in [-0.15, -0.1) is 0 Å². The summed E-state index contributed by atoms with van der Waals surface area (Å²) >= 11 is 0. The zero-order valence-corrected chi connectivity index (χ0v) is 9.80. The van der Waals surface area contributed by atoms with Crippen LogP contribution in [0.15, 0.2) is 12.3 Å². The zero-order chi connectivity index (χ0) is 14.0. The number of carboxylic acids is 1. The molecule has 19 heavy (non-hydrogen) atoms. The first-order chi connectivity index (χ1) is 8.99. The molecule has 0 aromatic carbocycles. The van der Waals surface area contributed by atoms with E-state index in [9.17, 15) is 13.6 Å². The molecule has 0 spiro atoms. The number of nitrogens with one attached hydrogen (secondary N) is 1. The summed E-state index contributed by atoms with van der Waals surface area (Å²) in [6.45, 7) is -1.62. The second-order valence-electron chi connectivity index (χ2n) is 3.68. The lowest BCUT2D eigenvalue weighted by Crippen LogP contribution is -2.02. The molecule has 0 aliphatic rings. The maximum atomic E-state index is 11.9. The van der Waals surface area contributed by atoms with E-state index in [4.69, 9.17) is 5.11 Å². The van der Waals surface area contributed by atoms with Crippen molar-refractivity contribution in [1.29, 1.82) is 0 Å². The number of carbonyl (C=O) groups is 1. The maximum Gasteiger partial charge on any atom is 0.345 e. The molecule has 0 amide bonds. The van der Waals surface area contributed by atoms with Gasteiger partial charge in [-0.2, -0.15) is 19.0 Å². The second kappa shape index (κ2) is 5.14. The van der Waals surface area contributed by atoms with Crippen LogP contribution in [0.4, 0.5) is 8.78 Å². The number of hydrogen-bond donors (Lipinski definition) is 2. The van der Waals surface area contributed by atoms with Gasteiger partial charge in [0.1, 0.15) is 5.56 Å². The van der Waals surface area contributed by atoms with E-state index in [1.807, 2.05) is 0 Å². The van der Waals surface area contributed by atoms with E-state index in [1.54, 1.807) is 6.92 Å². The average Bonchev–Trinajstić information content (AvgIpc) is 2.92. The van der Waals surface area contributed by atoms with E-state index >= 15 is 0 Å². The van der Waals surface area contributed by atoms with Crippen LogP contribution in [0.25, 0.3) is 5.82 Å². The van der Waals surface area contributed by atoms with Gasteiger partial charge in [0.15, 0.2) is 5.82 Å². The molecule has 0 aliphatic heterocycles. The van der Waals surface area contributed by atoms with Gasteiger partial charge < -0.3 is 9.84 Å². The minimum Gasteiger partial charge on any atom is -0.478 e. The molecule has 7 nitrogen and oxygen atoms in total. The first-order valence-corrected chi connectivity index (χ1v) is 5.21. The molecule has 0 radical (unpaired) electrons. The van der Waals surface area contributed by atoms with Crippen molar-refractivity contribution in [3.05, 3.63) is 29.2 Å². The molecule has 0 bridgehead atoms. The molecule has 0 aliphatic carbocycles. The Morgan fingerprint density at radius 2 is 2.37 bits per heavy atom. The van der Waals surface area contributed by atoms with Gasteiger partial charge in [-0.1, -0.05) is 0 Å². The van der Waals surface area contributed by atoms with E-state index in [-0.39, 0.29) is 12.2 Å². The van der Waals surface area contributed by atoms with Gasteiger partial charge >= 0.3 is 12.6 Å². The molecule has 2 N–H and O–H groups in total. The number of ether oxygens (including phenoxy) is 1. The van der Waals surface area contributed by atoms with Crippen LogP contribution in [0.3, 0.4) is 0 Å². The Morgan fingerprint density at radius 3 is 2.95 bits per heavy atom.